The first-order valence-electron chi connectivity index (χ1n) is 4.46. The van der Waals surface area contributed by atoms with Crippen molar-refractivity contribution in [3.8, 4) is 0 Å². The number of aromatic nitrogens is 2. The summed E-state index contributed by atoms with van der Waals surface area (Å²) in [5.41, 5.74) is -0.198. The van der Waals surface area contributed by atoms with E-state index in [-0.39, 0.29) is 16.8 Å². The first-order chi connectivity index (χ1) is 7.52. The second-order valence-corrected chi connectivity index (χ2v) is 3.26. The molecule has 0 saturated carbocycles. The minimum Gasteiger partial charge on any atom is -0.478 e. The van der Waals surface area contributed by atoms with Crippen molar-refractivity contribution in [2.45, 2.75) is 6.92 Å². The van der Waals surface area contributed by atoms with Gasteiger partial charge in [-0.3, -0.25) is 0 Å². The molecule has 0 spiro atoms. The zero-order chi connectivity index (χ0) is 11.9. The molecule has 2 heterocycles. The molecule has 16 heavy (non-hydrogen) atoms. The minimum absolute atomic E-state index is 0.0690. The second-order valence-electron chi connectivity index (χ2n) is 3.26. The van der Waals surface area contributed by atoms with Crippen LogP contribution in [-0.4, -0.2) is 31.5 Å². The summed E-state index contributed by atoms with van der Waals surface area (Å²) < 4.78 is 1.45. The number of carboxylic acid groups (broad SMARTS) is 2. The number of pyridine rings is 1. The van der Waals surface area contributed by atoms with E-state index in [1.807, 2.05) is 0 Å². The van der Waals surface area contributed by atoms with Crippen LogP contribution >= 0.6 is 0 Å². The molecule has 2 aromatic heterocycles. The molecule has 82 valence electrons. The summed E-state index contributed by atoms with van der Waals surface area (Å²) in [6.45, 7) is 1.62. The minimum atomic E-state index is -1.24. The van der Waals surface area contributed by atoms with E-state index in [9.17, 15) is 9.59 Å². The molecule has 0 aliphatic rings. The zero-order valence-electron chi connectivity index (χ0n) is 8.34. The number of aromatic carboxylic acids is 2. The van der Waals surface area contributed by atoms with E-state index in [0.29, 0.717) is 5.82 Å². The fourth-order valence-corrected chi connectivity index (χ4v) is 1.61. The normalized spacial score (nSPS) is 10.6. The summed E-state index contributed by atoms with van der Waals surface area (Å²) in [6.07, 6.45) is 1.58. The maximum Gasteiger partial charge on any atom is 0.356 e. The molecule has 0 atom stereocenters. The smallest absolute Gasteiger partial charge is 0.356 e. The molecular formula is C10H8N2O4. The fourth-order valence-electron chi connectivity index (χ4n) is 1.61. The second kappa shape index (κ2) is 3.34. The van der Waals surface area contributed by atoms with Crippen LogP contribution in [0.4, 0.5) is 0 Å². The van der Waals surface area contributed by atoms with Crippen molar-refractivity contribution in [3.05, 3.63) is 35.4 Å². The molecule has 0 aromatic carbocycles. The Bertz CT molecular complexity index is 600. The highest BCUT2D eigenvalue weighted by atomic mass is 16.4. The number of aryl methyl sites for hydroxylation is 1. The Labute approximate surface area is 89.8 Å². The lowest BCUT2D eigenvalue weighted by molar-refractivity contribution is 0.0691. The third-order valence-corrected chi connectivity index (χ3v) is 2.27. The first kappa shape index (κ1) is 10.2. The van der Waals surface area contributed by atoms with Crippen molar-refractivity contribution >= 4 is 17.5 Å². The van der Waals surface area contributed by atoms with Crippen LogP contribution in [0.5, 0.6) is 0 Å². The number of imidazole rings is 1. The van der Waals surface area contributed by atoms with E-state index < -0.39 is 11.9 Å². The Kier molecular flexibility index (Phi) is 2.12. The van der Waals surface area contributed by atoms with Crippen LogP contribution in [0.2, 0.25) is 0 Å². The van der Waals surface area contributed by atoms with E-state index in [1.165, 1.54) is 16.5 Å². The van der Waals surface area contributed by atoms with Gasteiger partial charge in [0.1, 0.15) is 5.82 Å². The molecular weight excluding hydrogens is 212 g/mol. The lowest BCUT2D eigenvalue weighted by atomic mass is 10.2. The van der Waals surface area contributed by atoms with Gasteiger partial charge in [-0.25, -0.2) is 14.6 Å². The topological polar surface area (TPSA) is 91.9 Å². The zero-order valence-corrected chi connectivity index (χ0v) is 8.34. The predicted octanol–water partition coefficient (Wildman–Crippen LogP) is 1.04. The van der Waals surface area contributed by atoms with Gasteiger partial charge in [-0.05, 0) is 19.1 Å². The van der Waals surface area contributed by atoms with E-state index in [4.69, 9.17) is 10.2 Å². The maximum atomic E-state index is 11.0. The van der Waals surface area contributed by atoms with Gasteiger partial charge < -0.3 is 14.6 Å². The van der Waals surface area contributed by atoms with Crippen LogP contribution in [0.25, 0.3) is 5.52 Å². The van der Waals surface area contributed by atoms with E-state index >= 15 is 0 Å². The Morgan fingerprint density at radius 2 is 2.00 bits per heavy atom. The summed E-state index contributed by atoms with van der Waals surface area (Å²) in [4.78, 5) is 25.7. The van der Waals surface area contributed by atoms with Gasteiger partial charge in [0, 0.05) is 6.20 Å². The molecule has 6 nitrogen and oxygen atoms in total. The van der Waals surface area contributed by atoms with Gasteiger partial charge in [0.25, 0.3) is 0 Å². The van der Waals surface area contributed by atoms with Gasteiger partial charge in [-0.2, -0.15) is 0 Å². The highest BCUT2D eigenvalue weighted by Gasteiger charge is 2.20. The van der Waals surface area contributed by atoms with Crippen molar-refractivity contribution in [3.63, 3.8) is 0 Å². The van der Waals surface area contributed by atoms with Crippen molar-refractivity contribution < 1.29 is 19.8 Å². The van der Waals surface area contributed by atoms with Gasteiger partial charge in [0.05, 0.1) is 11.1 Å². The summed E-state index contributed by atoms with van der Waals surface area (Å²) in [5, 5.41) is 17.9. The van der Waals surface area contributed by atoms with Crippen molar-refractivity contribution in [1.82, 2.24) is 9.38 Å². The molecule has 0 saturated heterocycles. The number of fused-ring (bicyclic) bond motifs is 1. The molecule has 6 heteroatoms. The Balaban J connectivity index is 2.93. The molecule has 0 unspecified atom stereocenters. The highest BCUT2D eigenvalue weighted by Crippen LogP contribution is 2.17. The number of hydrogen-bond acceptors (Lipinski definition) is 3. The molecule has 0 fully saturated rings. The van der Waals surface area contributed by atoms with Crippen molar-refractivity contribution in [2.75, 3.05) is 0 Å². The van der Waals surface area contributed by atoms with Crippen LogP contribution < -0.4 is 0 Å². The number of hydrogen-bond donors (Lipinski definition) is 2. The first-order valence-corrected chi connectivity index (χ1v) is 4.46. The average Bonchev–Trinajstić information content (AvgIpc) is 2.56. The van der Waals surface area contributed by atoms with E-state index in [2.05, 4.69) is 4.98 Å². The van der Waals surface area contributed by atoms with Crippen molar-refractivity contribution in [2.24, 2.45) is 0 Å². The van der Waals surface area contributed by atoms with Gasteiger partial charge in [-0.15, -0.1) is 0 Å². The van der Waals surface area contributed by atoms with Gasteiger partial charge >= 0.3 is 11.9 Å². The number of nitrogens with zero attached hydrogens (tertiary/aromatic N) is 2. The Hall–Kier alpha value is -2.37. The monoisotopic (exact) mass is 220 g/mol. The third kappa shape index (κ3) is 1.31. The summed E-state index contributed by atoms with van der Waals surface area (Å²) in [5.74, 6) is -1.97. The molecule has 0 amide bonds. The van der Waals surface area contributed by atoms with E-state index in [0.717, 1.165) is 0 Å². The third-order valence-electron chi connectivity index (χ3n) is 2.27. The van der Waals surface area contributed by atoms with Gasteiger partial charge in [0.2, 0.25) is 0 Å². The van der Waals surface area contributed by atoms with E-state index in [1.54, 1.807) is 13.1 Å². The molecule has 0 aliphatic carbocycles. The van der Waals surface area contributed by atoms with Gasteiger partial charge in [-0.1, -0.05) is 0 Å². The average molecular weight is 220 g/mol. The summed E-state index contributed by atoms with van der Waals surface area (Å²) in [6, 6.07) is 2.89. The molecule has 0 radical (unpaired) electrons. The predicted molar refractivity (Wildman–Crippen MR) is 53.8 cm³/mol. The summed E-state index contributed by atoms with van der Waals surface area (Å²) >= 11 is 0. The van der Waals surface area contributed by atoms with Crippen LogP contribution in [0.1, 0.15) is 26.7 Å². The summed E-state index contributed by atoms with van der Waals surface area (Å²) in [7, 11) is 0. The molecule has 2 N–H and O–H groups in total. The van der Waals surface area contributed by atoms with Crippen molar-refractivity contribution in [1.29, 1.82) is 0 Å². The lowest BCUT2D eigenvalue weighted by Gasteiger charge is -2.00. The fraction of sp³-hybridized carbons (Fsp3) is 0.100. The standard InChI is InChI=1S/C10H8N2O4/c1-5-11-7(10(15)16)8-6(9(13)14)3-2-4-12(5)8/h2-4H,1H3,(H,13,14)(H,15,16). The molecule has 2 aromatic rings. The number of carbonyl (C=O) groups is 2. The lowest BCUT2D eigenvalue weighted by Crippen LogP contribution is -2.04. The number of rotatable bonds is 2. The molecule has 2 rings (SSSR count). The van der Waals surface area contributed by atoms with Crippen LogP contribution in [0.3, 0.4) is 0 Å². The number of carboxylic acids is 2. The van der Waals surface area contributed by atoms with Crippen LogP contribution in [-0.2, 0) is 0 Å². The highest BCUT2D eigenvalue weighted by molar-refractivity contribution is 6.03. The largest absolute Gasteiger partial charge is 0.478 e. The molecule has 0 bridgehead atoms. The Morgan fingerprint density at radius 1 is 1.31 bits per heavy atom. The SMILES string of the molecule is Cc1nc(C(=O)O)c2c(C(=O)O)cccn12. The van der Waals surface area contributed by atoms with Crippen LogP contribution in [0, 0.1) is 6.92 Å². The van der Waals surface area contributed by atoms with Gasteiger partial charge in [0.15, 0.2) is 5.69 Å². The maximum absolute atomic E-state index is 11.0. The van der Waals surface area contributed by atoms with Crippen LogP contribution in [0.15, 0.2) is 18.3 Å². The molecule has 0 aliphatic heterocycles. The Morgan fingerprint density at radius 3 is 2.56 bits per heavy atom. The quantitative estimate of drug-likeness (QED) is 0.788.